The Kier molecular flexibility index (Phi) is 5.10. The van der Waals surface area contributed by atoms with E-state index in [0.29, 0.717) is 18.4 Å². The number of aromatic nitrogens is 2. The molecule has 2 saturated carbocycles. The van der Waals surface area contributed by atoms with Gasteiger partial charge < -0.3 is 4.90 Å². The average molecular weight is 494 g/mol. The fraction of sp³-hybridized carbons (Fsp3) is 0.400. The summed E-state index contributed by atoms with van der Waals surface area (Å²) in [6.45, 7) is 2.21. The number of aliphatic imine (C=N–C) groups is 1. The number of hydrogen-bond donors (Lipinski definition) is 0. The zero-order chi connectivity index (χ0) is 25.1. The first-order chi connectivity index (χ1) is 18.0. The quantitative estimate of drug-likeness (QED) is 0.518. The number of hydrogen-bond acceptors (Lipinski definition) is 4. The predicted octanol–water partition coefficient (Wildman–Crippen LogP) is 4.13. The van der Waals surface area contributed by atoms with Crippen LogP contribution in [0.4, 0.5) is 0 Å². The van der Waals surface area contributed by atoms with E-state index in [-0.39, 0.29) is 11.8 Å². The lowest BCUT2D eigenvalue weighted by molar-refractivity contribution is -0.131. The molecule has 0 N–H and O–H groups in total. The molecule has 3 heterocycles. The molecule has 3 aromatic rings. The highest BCUT2D eigenvalue weighted by atomic mass is 16.2. The largest absolute Gasteiger partial charge is 0.342 e. The van der Waals surface area contributed by atoms with Crippen LogP contribution in [0.1, 0.15) is 37.7 Å². The fourth-order valence-electron chi connectivity index (χ4n) is 5.76. The van der Waals surface area contributed by atoms with Crippen LogP contribution in [-0.2, 0) is 16.6 Å². The van der Waals surface area contributed by atoms with Crippen molar-refractivity contribution in [1.82, 2.24) is 19.6 Å². The van der Waals surface area contributed by atoms with Crippen LogP contribution in [0.5, 0.6) is 0 Å². The minimum Gasteiger partial charge on any atom is -0.342 e. The Morgan fingerprint density at radius 2 is 1.54 bits per heavy atom. The van der Waals surface area contributed by atoms with Crippen molar-refractivity contribution >= 4 is 17.6 Å². The first kappa shape index (κ1) is 22.5. The first-order valence-electron chi connectivity index (χ1n) is 13.4. The van der Waals surface area contributed by atoms with Gasteiger partial charge >= 0.3 is 0 Å². The summed E-state index contributed by atoms with van der Waals surface area (Å²) in [7, 11) is 1.92. The second-order valence-corrected chi connectivity index (χ2v) is 11.2. The van der Waals surface area contributed by atoms with Gasteiger partial charge in [-0.1, -0.05) is 48.5 Å². The van der Waals surface area contributed by atoms with Gasteiger partial charge in [-0.3, -0.25) is 24.2 Å². The smallest absolute Gasteiger partial charge is 0.256 e. The van der Waals surface area contributed by atoms with Gasteiger partial charge in [0.25, 0.3) is 5.91 Å². The van der Waals surface area contributed by atoms with E-state index in [2.05, 4.69) is 53.6 Å². The lowest BCUT2D eigenvalue weighted by Crippen LogP contribution is -2.40. The van der Waals surface area contributed by atoms with Gasteiger partial charge in [-0.2, -0.15) is 5.10 Å². The summed E-state index contributed by atoms with van der Waals surface area (Å²) in [6.07, 6.45) is 8.59. The van der Waals surface area contributed by atoms with E-state index in [4.69, 9.17) is 4.99 Å². The number of rotatable bonds is 6. The Balaban J connectivity index is 1.08. The third-order valence-corrected chi connectivity index (χ3v) is 8.31. The number of carbonyl (C=O) groups is 2. The number of aryl methyl sites for hydroxylation is 1. The molecule has 2 aromatic carbocycles. The molecule has 0 radical (unpaired) electrons. The molecule has 7 nitrogen and oxygen atoms in total. The van der Waals surface area contributed by atoms with Crippen molar-refractivity contribution in [3.05, 3.63) is 66.5 Å². The molecule has 7 rings (SSSR count). The molecular weight excluding hydrogens is 462 g/mol. The van der Waals surface area contributed by atoms with E-state index in [0.717, 1.165) is 78.8 Å². The molecule has 0 bridgehead atoms. The SMILES string of the molecule is Cn1cc(-c2ccc(-c3ccc(C4=NC5(CC5)C(=O)N4C[C@H]4CCN(C(=O)C5CC5)C4)cc3)cc2)cn1. The maximum Gasteiger partial charge on any atom is 0.256 e. The van der Waals surface area contributed by atoms with Gasteiger partial charge in [0.05, 0.1) is 6.20 Å². The number of carbonyl (C=O) groups excluding carboxylic acids is 2. The Labute approximate surface area is 216 Å². The highest BCUT2D eigenvalue weighted by Crippen LogP contribution is 2.46. The van der Waals surface area contributed by atoms with Crippen molar-refractivity contribution in [2.45, 2.75) is 37.6 Å². The van der Waals surface area contributed by atoms with Crippen molar-refractivity contribution in [3.8, 4) is 22.3 Å². The molecular formula is C30H31N5O2. The van der Waals surface area contributed by atoms with Gasteiger partial charge in [0.2, 0.25) is 5.91 Å². The van der Waals surface area contributed by atoms with Gasteiger partial charge in [0, 0.05) is 49.9 Å². The Morgan fingerprint density at radius 3 is 2.11 bits per heavy atom. The van der Waals surface area contributed by atoms with Crippen LogP contribution in [0.3, 0.4) is 0 Å². The third kappa shape index (κ3) is 4.06. The number of likely N-dealkylation sites (tertiary alicyclic amines) is 1. The molecule has 4 aliphatic rings. The topological polar surface area (TPSA) is 70.8 Å². The highest BCUT2D eigenvalue weighted by molar-refractivity contribution is 6.16. The molecule has 1 spiro atoms. The Hall–Kier alpha value is -3.74. The maximum absolute atomic E-state index is 13.4. The fourth-order valence-corrected chi connectivity index (χ4v) is 5.76. The van der Waals surface area contributed by atoms with Crippen molar-refractivity contribution in [2.24, 2.45) is 23.9 Å². The molecule has 1 saturated heterocycles. The molecule has 2 amide bonds. The lowest BCUT2D eigenvalue weighted by atomic mass is 10.0. The molecule has 2 aliphatic heterocycles. The second kappa shape index (κ2) is 8.40. The van der Waals surface area contributed by atoms with Crippen molar-refractivity contribution in [2.75, 3.05) is 19.6 Å². The maximum atomic E-state index is 13.4. The summed E-state index contributed by atoms with van der Waals surface area (Å²) in [5.41, 5.74) is 4.97. The highest BCUT2D eigenvalue weighted by Gasteiger charge is 2.57. The minimum absolute atomic E-state index is 0.143. The predicted molar refractivity (Wildman–Crippen MR) is 142 cm³/mol. The number of nitrogens with zero attached hydrogens (tertiary/aromatic N) is 5. The van der Waals surface area contributed by atoms with Crippen LogP contribution in [0.2, 0.25) is 0 Å². The molecule has 188 valence electrons. The molecule has 1 atom stereocenters. The minimum atomic E-state index is -0.530. The first-order valence-corrected chi connectivity index (χ1v) is 13.4. The van der Waals surface area contributed by atoms with Crippen LogP contribution in [0.15, 0.2) is 65.9 Å². The van der Waals surface area contributed by atoms with Gasteiger partial charge in [-0.15, -0.1) is 0 Å². The van der Waals surface area contributed by atoms with Crippen LogP contribution in [0.25, 0.3) is 22.3 Å². The number of benzene rings is 2. The molecule has 1 aromatic heterocycles. The van der Waals surface area contributed by atoms with Crippen LogP contribution < -0.4 is 0 Å². The molecule has 7 heteroatoms. The number of amides is 2. The van der Waals surface area contributed by atoms with Crippen molar-refractivity contribution in [1.29, 1.82) is 0 Å². The summed E-state index contributed by atoms with van der Waals surface area (Å²) in [4.78, 5) is 34.8. The summed E-state index contributed by atoms with van der Waals surface area (Å²) in [6, 6.07) is 16.9. The third-order valence-electron chi connectivity index (χ3n) is 8.31. The van der Waals surface area contributed by atoms with E-state index >= 15 is 0 Å². The number of amidine groups is 1. The van der Waals surface area contributed by atoms with Crippen LogP contribution >= 0.6 is 0 Å². The monoisotopic (exact) mass is 493 g/mol. The van der Waals surface area contributed by atoms with Gasteiger partial charge in [-0.05, 0) is 54.7 Å². The molecule has 0 unspecified atom stereocenters. The summed E-state index contributed by atoms with van der Waals surface area (Å²) < 4.78 is 1.81. The average Bonchev–Trinajstić information content (AvgIpc) is 3.81. The lowest BCUT2D eigenvalue weighted by Gasteiger charge is -2.23. The normalized spacial score (nSPS) is 22.1. The van der Waals surface area contributed by atoms with Gasteiger partial charge in [-0.25, -0.2) is 0 Å². The van der Waals surface area contributed by atoms with E-state index in [1.807, 2.05) is 33.9 Å². The van der Waals surface area contributed by atoms with E-state index in [9.17, 15) is 9.59 Å². The van der Waals surface area contributed by atoms with E-state index < -0.39 is 5.54 Å². The van der Waals surface area contributed by atoms with Crippen LogP contribution in [0, 0.1) is 11.8 Å². The molecule has 37 heavy (non-hydrogen) atoms. The second-order valence-electron chi connectivity index (χ2n) is 11.2. The van der Waals surface area contributed by atoms with E-state index in [1.54, 1.807) is 0 Å². The standard InChI is InChI=1S/C30H31N5O2/c1-33-19-26(16-31-33)23-4-2-21(3-5-23)22-6-8-24(9-7-22)27-32-30(13-14-30)29(37)35(27)18-20-12-15-34(17-20)28(36)25-10-11-25/h2-9,16,19-20,25H,10-15,17-18H2,1H3/t20-/m0/s1. The summed E-state index contributed by atoms with van der Waals surface area (Å²) in [5, 5.41) is 4.26. The zero-order valence-electron chi connectivity index (χ0n) is 21.1. The Morgan fingerprint density at radius 1 is 0.919 bits per heavy atom. The zero-order valence-corrected chi connectivity index (χ0v) is 21.1. The van der Waals surface area contributed by atoms with Gasteiger partial charge in [0.15, 0.2) is 0 Å². The molecule has 2 aliphatic carbocycles. The summed E-state index contributed by atoms with van der Waals surface area (Å²) >= 11 is 0. The Bertz CT molecular complexity index is 1400. The molecule has 3 fully saturated rings. The van der Waals surface area contributed by atoms with Crippen molar-refractivity contribution in [3.63, 3.8) is 0 Å². The van der Waals surface area contributed by atoms with Crippen molar-refractivity contribution < 1.29 is 9.59 Å². The summed E-state index contributed by atoms with van der Waals surface area (Å²) in [5.74, 6) is 1.82. The van der Waals surface area contributed by atoms with Crippen LogP contribution in [-0.4, -0.2) is 62.4 Å². The van der Waals surface area contributed by atoms with Gasteiger partial charge in [0.1, 0.15) is 11.4 Å². The van der Waals surface area contributed by atoms with E-state index in [1.165, 1.54) is 0 Å².